The molecular formula is C24H22N4O3S. The first-order valence-electron chi connectivity index (χ1n) is 10.1. The van der Waals surface area contributed by atoms with E-state index < -0.39 is 11.8 Å². The molecule has 0 radical (unpaired) electrons. The second kappa shape index (κ2) is 9.57. The predicted octanol–water partition coefficient (Wildman–Crippen LogP) is 3.24. The molecule has 2 N–H and O–H groups in total. The van der Waals surface area contributed by atoms with Crippen LogP contribution in [0.15, 0.2) is 77.9 Å². The summed E-state index contributed by atoms with van der Waals surface area (Å²) in [5.41, 5.74) is 5.12. The fourth-order valence-corrected chi connectivity index (χ4v) is 3.89. The lowest BCUT2D eigenvalue weighted by Crippen LogP contribution is -2.30. The van der Waals surface area contributed by atoms with Crippen molar-refractivity contribution in [2.75, 3.05) is 12.4 Å². The van der Waals surface area contributed by atoms with E-state index in [2.05, 4.69) is 15.8 Å². The molecular weight excluding hydrogens is 424 g/mol. The number of fused-ring (bicyclic) bond motifs is 1. The van der Waals surface area contributed by atoms with Gasteiger partial charge in [0, 0.05) is 11.3 Å². The second-order valence-electron chi connectivity index (χ2n) is 7.35. The number of amides is 2. The van der Waals surface area contributed by atoms with Crippen LogP contribution in [0, 0.1) is 11.8 Å². The highest BCUT2D eigenvalue weighted by Crippen LogP contribution is 2.33. The molecule has 1 aliphatic heterocycles. The van der Waals surface area contributed by atoms with Crippen LogP contribution in [-0.4, -0.2) is 35.2 Å². The smallest absolute Gasteiger partial charge is 0.237 e. The number of nitrogens with zero attached hydrogens (tertiary/aromatic N) is 2. The number of benzene rings is 2. The number of hydrazone groups is 1. The Kier molecular flexibility index (Phi) is 6.42. The maximum atomic E-state index is 12.8. The molecule has 4 rings (SSSR count). The Morgan fingerprint density at radius 1 is 1.09 bits per heavy atom. The number of rotatable bonds is 6. The Bertz CT molecular complexity index is 1100. The van der Waals surface area contributed by atoms with Gasteiger partial charge in [0.05, 0.1) is 31.7 Å². The van der Waals surface area contributed by atoms with Gasteiger partial charge in [-0.3, -0.25) is 19.9 Å². The second-order valence-corrected chi connectivity index (χ2v) is 7.75. The molecule has 1 aliphatic carbocycles. The van der Waals surface area contributed by atoms with E-state index >= 15 is 0 Å². The quantitative estimate of drug-likeness (QED) is 0.307. The minimum Gasteiger partial charge on any atom is -0.496 e. The van der Waals surface area contributed by atoms with E-state index in [-0.39, 0.29) is 18.4 Å². The Labute approximate surface area is 191 Å². The van der Waals surface area contributed by atoms with Crippen LogP contribution in [0.1, 0.15) is 11.1 Å². The van der Waals surface area contributed by atoms with E-state index in [1.165, 1.54) is 4.90 Å². The number of methoxy groups -OCH3 is 1. The van der Waals surface area contributed by atoms with Crippen molar-refractivity contribution in [3.8, 4) is 5.75 Å². The first-order valence-corrected chi connectivity index (χ1v) is 10.5. The van der Waals surface area contributed by atoms with Crippen LogP contribution in [0.4, 0.5) is 5.69 Å². The summed E-state index contributed by atoms with van der Waals surface area (Å²) < 4.78 is 5.44. The number of ether oxygens (including phenoxy) is 1. The van der Waals surface area contributed by atoms with Gasteiger partial charge in [0.15, 0.2) is 5.11 Å². The van der Waals surface area contributed by atoms with Gasteiger partial charge >= 0.3 is 0 Å². The summed E-state index contributed by atoms with van der Waals surface area (Å²) in [5, 5.41) is 7.56. The van der Waals surface area contributed by atoms with Crippen molar-refractivity contribution in [2.45, 2.75) is 6.54 Å². The van der Waals surface area contributed by atoms with E-state index in [4.69, 9.17) is 17.0 Å². The SMILES string of the molecule is COc1ccc(/C=N\NC(=S)Nc2ccccc2)cc1CN1C(=O)[C@H]2C=CC=C[C@@H]2C1=O. The zero-order valence-electron chi connectivity index (χ0n) is 17.4. The van der Waals surface area contributed by atoms with E-state index in [0.29, 0.717) is 10.9 Å². The minimum atomic E-state index is -0.425. The average molecular weight is 447 g/mol. The van der Waals surface area contributed by atoms with Gasteiger partial charge in [-0.1, -0.05) is 42.5 Å². The van der Waals surface area contributed by atoms with Crippen molar-refractivity contribution >= 4 is 41.0 Å². The molecule has 0 spiro atoms. The standard InChI is InChI=1S/C24H22N4O3S/c1-31-21-12-11-16(14-25-27-24(32)26-18-7-3-2-4-8-18)13-17(21)15-28-22(29)19-9-5-6-10-20(19)23(28)30/h2-14,19-20H,15H2,1H3,(H2,26,27,32)/b25-14-/t19-,20-/m0/s1. The van der Waals surface area contributed by atoms with E-state index in [0.717, 1.165) is 16.8 Å². The number of imide groups is 1. The number of carbonyl (C=O) groups is 2. The van der Waals surface area contributed by atoms with Crippen LogP contribution >= 0.6 is 12.2 Å². The number of nitrogens with one attached hydrogen (secondary N) is 2. The number of para-hydroxylation sites is 1. The Balaban J connectivity index is 1.44. The van der Waals surface area contributed by atoms with Crippen molar-refractivity contribution in [2.24, 2.45) is 16.9 Å². The van der Waals surface area contributed by atoms with E-state index in [9.17, 15) is 9.59 Å². The normalized spacial score (nSPS) is 19.3. The molecule has 1 saturated heterocycles. The Morgan fingerprint density at radius 2 is 1.78 bits per heavy atom. The number of hydrogen-bond donors (Lipinski definition) is 2. The van der Waals surface area contributed by atoms with E-state index in [1.807, 2.05) is 42.5 Å². The molecule has 7 nitrogen and oxygen atoms in total. The third kappa shape index (κ3) is 4.60. The number of carbonyl (C=O) groups excluding carboxylic acids is 2. The molecule has 2 aliphatic rings. The van der Waals surface area contributed by atoms with Gasteiger partial charge in [-0.2, -0.15) is 5.10 Å². The molecule has 0 bridgehead atoms. The fraction of sp³-hybridized carbons (Fsp3) is 0.167. The third-order valence-electron chi connectivity index (χ3n) is 5.28. The number of anilines is 1. The lowest BCUT2D eigenvalue weighted by molar-refractivity contribution is -0.140. The first kappa shape index (κ1) is 21.5. The van der Waals surface area contributed by atoms with Gasteiger partial charge in [-0.25, -0.2) is 0 Å². The predicted molar refractivity (Wildman–Crippen MR) is 127 cm³/mol. The molecule has 162 valence electrons. The van der Waals surface area contributed by atoms with Crippen molar-refractivity contribution in [1.82, 2.24) is 10.3 Å². The molecule has 1 fully saturated rings. The summed E-state index contributed by atoms with van der Waals surface area (Å²) in [4.78, 5) is 26.8. The number of thiocarbonyl (C=S) groups is 1. The zero-order chi connectivity index (χ0) is 22.5. The molecule has 0 saturated carbocycles. The molecule has 2 aromatic carbocycles. The van der Waals surface area contributed by atoms with Gasteiger partial charge < -0.3 is 10.1 Å². The highest BCUT2D eigenvalue weighted by atomic mass is 32.1. The van der Waals surface area contributed by atoms with Crippen molar-refractivity contribution in [3.05, 3.63) is 84.0 Å². The summed E-state index contributed by atoms with van der Waals surface area (Å²) in [7, 11) is 1.56. The van der Waals surface area contributed by atoms with Crippen LogP contribution in [-0.2, 0) is 16.1 Å². The minimum absolute atomic E-state index is 0.138. The number of allylic oxidation sites excluding steroid dienone is 2. The van der Waals surface area contributed by atoms with Gasteiger partial charge in [-0.15, -0.1) is 0 Å². The molecule has 8 heteroatoms. The largest absolute Gasteiger partial charge is 0.496 e. The molecule has 0 aromatic heterocycles. The van der Waals surface area contributed by atoms with Crippen LogP contribution < -0.4 is 15.5 Å². The van der Waals surface area contributed by atoms with Crippen LogP contribution in [0.3, 0.4) is 0 Å². The van der Waals surface area contributed by atoms with Gasteiger partial charge in [0.2, 0.25) is 11.8 Å². The number of hydrogen-bond acceptors (Lipinski definition) is 5. The highest BCUT2D eigenvalue weighted by molar-refractivity contribution is 7.80. The summed E-state index contributed by atoms with van der Waals surface area (Å²) >= 11 is 5.24. The lowest BCUT2D eigenvalue weighted by atomic mass is 9.91. The highest BCUT2D eigenvalue weighted by Gasteiger charge is 2.45. The summed E-state index contributed by atoms with van der Waals surface area (Å²) in [6.07, 6.45) is 8.78. The maximum absolute atomic E-state index is 12.8. The van der Waals surface area contributed by atoms with Gasteiger partial charge in [-0.05, 0) is 48.1 Å². The lowest BCUT2D eigenvalue weighted by Gasteiger charge is -2.17. The first-order chi connectivity index (χ1) is 15.6. The summed E-state index contributed by atoms with van der Waals surface area (Å²) in [6.45, 7) is 0.138. The van der Waals surface area contributed by atoms with Gasteiger partial charge in [0.25, 0.3) is 0 Å². The molecule has 0 unspecified atom stereocenters. The number of likely N-dealkylation sites (tertiary alicyclic amines) is 1. The Hall–Kier alpha value is -3.78. The van der Waals surface area contributed by atoms with Crippen molar-refractivity contribution in [1.29, 1.82) is 0 Å². The molecule has 2 atom stereocenters. The molecule has 2 amide bonds. The summed E-state index contributed by atoms with van der Waals surface area (Å²) in [5.74, 6) is -0.643. The van der Waals surface area contributed by atoms with Crippen LogP contribution in [0.2, 0.25) is 0 Å². The van der Waals surface area contributed by atoms with Crippen LogP contribution in [0.5, 0.6) is 5.75 Å². The monoisotopic (exact) mass is 446 g/mol. The molecule has 2 aromatic rings. The molecule has 1 heterocycles. The fourth-order valence-electron chi connectivity index (χ4n) is 3.72. The Morgan fingerprint density at radius 3 is 2.44 bits per heavy atom. The zero-order valence-corrected chi connectivity index (χ0v) is 18.2. The van der Waals surface area contributed by atoms with Crippen LogP contribution in [0.25, 0.3) is 0 Å². The van der Waals surface area contributed by atoms with Gasteiger partial charge in [0.1, 0.15) is 5.75 Å². The third-order valence-corrected chi connectivity index (χ3v) is 5.47. The van der Waals surface area contributed by atoms with Crippen molar-refractivity contribution < 1.29 is 14.3 Å². The van der Waals surface area contributed by atoms with E-state index in [1.54, 1.807) is 43.7 Å². The van der Waals surface area contributed by atoms with Crippen molar-refractivity contribution in [3.63, 3.8) is 0 Å². The average Bonchev–Trinajstić information content (AvgIpc) is 3.05. The maximum Gasteiger partial charge on any atom is 0.237 e. The topological polar surface area (TPSA) is 83.0 Å². The molecule has 32 heavy (non-hydrogen) atoms. The summed E-state index contributed by atoms with van der Waals surface area (Å²) in [6, 6.07) is 15.0.